The SMILES string of the molecule is O=[N+]([O-])/C=C/c1ccc(Oc2ccccn2)cc1. The number of rotatable bonds is 4. The van der Waals surface area contributed by atoms with Gasteiger partial charge in [0.05, 0.1) is 4.92 Å². The highest BCUT2D eigenvalue weighted by atomic mass is 16.6. The number of aromatic nitrogens is 1. The molecule has 2 aromatic rings. The van der Waals surface area contributed by atoms with E-state index in [0.29, 0.717) is 11.6 Å². The number of ether oxygens (including phenoxy) is 1. The fourth-order valence-corrected chi connectivity index (χ4v) is 1.32. The molecule has 0 aliphatic carbocycles. The van der Waals surface area contributed by atoms with Crippen molar-refractivity contribution >= 4 is 6.08 Å². The van der Waals surface area contributed by atoms with Gasteiger partial charge in [0.2, 0.25) is 12.1 Å². The summed E-state index contributed by atoms with van der Waals surface area (Å²) in [4.78, 5) is 13.7. The molecule has 0 unspecified atom stereocenters. The third-order valence-corrected chi connectivity index (χ3v) is 2.13. The summed E-state index contributed by atoms with van der Waals surface area (Å²) in [6, 6.07) is 12.3. The minimum Gasteiger partial charge on any atom is -0.439 e. The topological polar surface area (TPSA) is 65.3 Å². The Morgan fingerprint density at radius 3 is 2.56 bits per heavy atom. The number of hydrogen-bond acceptors (Lipinski definition) is 4. The zero-order chi connectivity index (χ0) is 12.8. The number of nitrogens with zero attached hydrogens (tertiary/aromatic N) is 2. The normalized spacial score (nSPS) is 10.4. The summed E-state index contributed by atoms with van der Waals surface area (Å²) < 4.78 is 5.49. The molecule has 0 aliphatic heterocycles. The van der Waals surface area contributed by atoms with Crippen LogP contribution in [0.15, 0.2) is 54.9 Å². The number of pyridine rings is 1. The van der Waals surface area contributed by atoms with Crippen LogP contribution in [-0.2, 0) is 0 Å². The van der Waals surface area contributed by atoms with Crippen LogP contribution in [0.3, 0.4) is 0 Å². The molecule has 5 nitrogen and oxygen atoms in total. The molecular weight excluding hydrogens is 232 g/mol. The van der Waals surface area contributed by atoms with E-state index in [2.05, 4.69) is 4.98 Å². The molecule has 0 amide bonds. The first-order chi connectivity index (χ1) is 8.74. The van der Waals surface area contributed by atoms with Crippen molar-refractivity contribution in [2.75, 3.05) is 0 Å². The monoisotopic (exact) mass is 242 g/mol. The first-order valence-corrected chi connectivity index (χ1v) is 5.25. The lowest BCUT2D eigenvalue weighted by atomic mass is 10.2. The van der Waals surface area contributed by atoms with Crippen molar-refractivity contribution < 1.29 is 9.66 Å². The van der Waals surface area contributed by atoms with Crippen molar-refractivity contribution in [3.63, 3.8) is 0 Å². The summed E-state index contributed by atoms with van der Waals surface area (Å²) in [5, 5.41) is 10.2. The summed E-state index contributed by atoms with van der Waals surface area (Å²) in [5.41, 5.74) is 0.736. The average molecular weight is 242 g/mol. The lowest BCUT2D eigenvalue weighted by molar-refractivity contribution is -0.400. The molecule has 2 rings (SSSR count). The minimum atomic E-state index is -0.502. The van der Waals surface area contributed by atoms with Crippen LogP contribution >= 0.6 is 0 Å². The van der Waals surface area contributed by atoms with E-state index in [-0.39, 0.29) is 0 Å². The van der Waals surface area contributed by atoms with E-state index in [4.69, 9.17) is 4.74 Å². The fraction of sp³-hybridized carbons (Fsp3) is 0. The third kappa shape index (κ3) is 3.41. The van der Waals surface area contributed by atoms with E-state index in [0.717, 1.165) is 11.8 Å². The highest BCUT2D eigenvalue weighted by Gasteiger charge is 1.97. The minimum absolute atomic E-state index is 0.502. The molecule has 90 valence electrons. The Morgan fingerprint density at radius 2 is 1.94 bits per heavy atom. The molecule has 1 heterocycles. The molecular formula is C13H10N2O3. The van der Waals surface area contributed by atoms with Crippen LogP contribution < -0.4 is 4.74 Å². The van der Waals surface area contributed by atoms with Crippen LogP contribution in [-0.4, -0.2) is 9.91 Å². The van der Waals surface area contributed by atoms with Gasteiger partial charge in [-0.15, -0.1) is 0 Å². The summed E-state index contributed by atoms with van der Waals surface area (Å²) in [5.74, 6) is 1.14. The van der Waals surface area contributed by atoms with Gasteiger partial charge < -0.3 is 4.74 Å². The summed E-state index contributed by atoms with van der Waals surface area (Å²) in [6.45, 7) is 0. The second-order valence-electron chi connectivity index (χ2n) is 3.44. The molecule has 5 heteroatoms. The maximum atomic E-state index is 10.2. The molecule has 0 saturated carbocycles. The first-order valence-electron chi connectivity index (χ1n) is 5.25. The molecule has 0 fully saturated rings. The van der Waals surface area contributed by atoms with E-state index in [1.54, 1.807) is 42.6 Å². The largest absolute Gasteiger partial charge is 0.439 e. The van der Waals surface area contributed by atoms with Gasteiger partial charge in [0, 0.05) is 18.3 Å². The smallest absolute Gasteiger partial charge is 0.235 e. The summed E-state index contributed by atoms with van der Waals surface area (Å²) in [6.07, 6.45) is 3.96. The molecule has 0 saturated heterocycles. The summed E-state index contributed by atoms with van der Waals surface area (Å²) in [7, 11) is 0. The number of benzene rings is 1. The highest BCUT2D eigenvalue weighted by Crippen LogP contribution is 2.19. The maximum Gasteiger partial charge on any atom is 0.235 e. The number of hydrogen-bond donors (Lipinski definition) is 0. The molecule has 0 N–H and O–H groups in total. The first kappa shape index (κ1) is 11.8. The quantitative estimate of drug-likeness (QED) is 0.610. The van der Waals surface area contributed by atoms with Crippen molar-refractivity contribution in [3.05, 3.63) is 70.5 Å². The Bertz CT molecular complexity index is 550. The van der Waals surface area contributed by atoms with Crippen molar-refractivity contribution in [1.82, 2.24) is 4.98 Å². The van der Waals surface area contributed by atoms with Gasteiger partial charge in [-0.25, -0.2) is 4.98 Å². The second-order valence-corrected chi connectivity index (χ2v) is 3.44. The lowest BCUT2D eigenvalue weighted by Crippen LogP contribution is -1.87. The van der Waals surface area contributed by atoms with E-state index in [1.807, 2.05) is 6.07 Å². The molecule has 0 aliphatic rings. The van der Waals surface area contributed by atoms with Crippen molar-refractivity contribution in [3.8, 4) is 11.6 Å². The Labute approximate surface area is 104 Å². The van der Waals surface area contributed by atoms with Gasteiger partial charge >= 0.3 is 0 Å². The third-order valence-electron chi connectivity index (χ3n) is 2.13. The van der Waals surface area contributed by atoms with E-state index < -0.39 is 4.92 Å². The van der Waals surface area contributed by atoms with Gasteiger partial charge in [-0.05, 0) is 23.8 Å². The van der Waals surface area contributed by atoms with E-state index >= 15 is 0 Å². The lowest BCUT2D eigenvalue weighted by Gasteiger charge is -2.03. The van der Waals surface area contributed by atoms with Gasteiger partial charge in [-0.2, -0.15) is 0 Å². The summed E-state index contributed by atoms with van der Waals surface area (Å²) >= 11 is 0. The number of nitro groups is 1. The van der Waals surface area contributed by atoms with Crippen LogP contribution in [0, 0.1) is 10.1 Å². The van der Waals surface area contributed by atoms with E-state index in [9.17, 15) is 10.1 Å². The molecule has 18 heavy (non-hydrogen) atoms. The zero-order valence-corrected chi connectivity index (χ0v) is 9.39. The Balaban J connectivity index is 2.06. The predicted octanol–water partition coefficient (Wildman–Crippen LogP) is 3.12. The second kappa shape index (κ2) is 5.58. The zero-order valence-electron chi connectivity index (χ0n) is 9.39. The molecule has 1 aromatic heterocycles. The fourth-order valence-electron chi connectivity index (χ4n) is 1.32. The maximum absolute atomic E-state index is 10.2. The van der Waals surface area contributed by atoms with E-state index in [1.165, 1.54) is 6.08 Å². The van der Waals surface area contributed by atoms with Gasteiger partial charge in [0.25, 0.3) is 0 Å². The van der Waals surface area contributed by atoms with Crippen LogP contribution in [0.5, 0.6) is 11.6 Å². The molecule has 0 spiro atoms. The highest BCUT2D eigenvalue weighted by molar-refractivity contribution is 5.49. The molecule has 0 radical (unpaired) electrons. The van der Waals surface area contributed by atoms with Crippen molar-refractivity contribution in [2.45, 2.75) is 0 Å². The molecule has 0 bridgehead atoms. The Hall–Kier alpha value is -2.69. The van der Waals surface area contributed by atoms with Crippen molar-refractivity contribution in [2.24, 2.45) is 0 Å². The average Bonchev–Trinajstić information content (AvgIpc) is 2.39. The van der Waals surface area contributed by atoms with Gasteiger partial charge in [-0.3, -0.25) is 10.1 Å². The van der Waals surface area contributed by atoms with Crippen LogP contribution in [0.25, 0.3) is 6.08 Å². The Morgan fingerprint density at radius 1 is 1.17 bits per heavy atom. The van der Waals surface area contributed by atoms with Crippen LogP contribution in [0.4, 0.5) is 0 Å². The van der Waals surface area contributed by atoms with Gasteiger partial charge in [-0.1, -0.05) is 18.2 Å². The van der Waals surface area contributed by atoms with Crippen LogP contribution in [0.1, 0.15) is 5.56 Å². The van der Waals surface area contributed by atoms with Crippen LogP contribution in [0.2, 0.25) is 0 Å². The van der Waals surface area contributed by atoms with Gasteiger partial charge in [0.15, 0.2) is 0 Å². The molecule has 1 aromatic carbocycles. The standard InChI is InChI=1S/C13H10N2O3/c16-15(17)10-8-11-4-6-12(7-5-11)18-13-3-1-2-9-14-13/h1-10H/b10-8+. The predicted molar refractivity (Wildman–Crippen MR) is 66.8 cm³/mol. The van der Waals surface area contributed by atoms with Gasteiger partial charge in [0.1, 0.15) is 5.75 Å². The van der Waals surface area contributed by atoms with Crippen molar-refractivity contribution in [1.29, 1.82) is 0 Å². The molecule has 0 atom stereocenters. The Kier molecular flexibility index (Phi) is 3.66.